The molecule has 2 aliphatic carbocycles. The molecule has 2 saturated carbocycles. The standard InChI is InChI=1S/C14H24N2/c15-10-9-14(7-8-14)12-16-11-3-6-13-4-1-2-5-13/h13,16H,1-9,11-12H2. The lowest BCUT2D eigenvalue weighted by Gasteiger charge is -2.13. The molecule has 1 N–H and O–H groups in total. The van der Waals surface area contributed by atoms with Gasteiger partial charge in [-0.1, -0.05) is 25.7 Å². The number of hydrogen-bond acceptors (Lipinski definition) is 2. The van der Waals surface area contributed by atoms with Gasteiger partial charge in [-0.05, 0) is 43.6 Å². The number of nitriles is 1. The Hall–Kier alpha value is -0.550. The molecular weight excluding hydrogens is 196 g/mol. The zero-order valence-corrected chi connectivity index (χ0v) is 10.3. The first kappa shape index (κ1) is 11.9. The normalized spacial score (nSPS) is 23.2. The molecule has 2 rings (SSSR count). The molecule has 0 amide bonds. The summed E-state index contributed by atoms with van der Waals surface area (Å²) >= 11 is 0. The Kier molecular flexibility index (Phi) is 4.23. The first-order valence-electron chi connectivity index (χ1n) is 6.92. The molecular formula is C14H24N2. The van der Waals surface area contributed by atoms with Crippen LogP contribution in [0.5, 0.6) is 0 Å². The van der Waals surface area contributed by atoms with Gasteiger partial charge in [-0.3, -0.25) is 0 Å². The van der Waals surface area contributed by atoms with E-state index >= 15 is 0 Å². The van der Waals surface area contributed by atoms with E-state index in [-0.39, 0.29) is 0 Å². The van der Waals surface area contributed by atoms with Crippen LogP contribution in [0.1, 0.15) is 57.8 Å². The molecule has 0 saturated heterocycles. The van der Waals surface area contributed by atoms with Crippen LogP contribution in [0.3, 0.4) is 0 Å². The van der Waals surface area contributed by atoms with Crippen LogP contribution in [-0.2, 0) is 0 Å². The minimum Gasteiger partial charge on any atom is -0.316 e. The number of rotatable bonds is 7. The molecule has 2 aliphatic rings. The van der Waals surface area contributed by atoms with Crippen LogP contribution in [0.4, 0.5) is 0 Å². The van der Waals surface area contributed by atoms with Crippen molar-refractivity contribution in [2.45, 2.75) is 57.8 Å². The number of nitrogens with zero attached hydrogens (tertiary/aromatic N) is 1. The summed E-state index contributed by atoms with van der Waals surface area (Å²) in [7, 11) is 0. The van der Waals surface area contributed by atoms with Crippen molar-refractivity contribution in [1.29, 1.82) is 5.26 Å². The minimum atomic E-state index is 0.377. The Balaban J connectivity index is 1.47. The minimum absolute atomic E-state index is 0.377. The van der Waals surface area contributed by atoms with E-state index in [9.17, 15) is 0 Å². The highest BCUT2D eigenvalue weighted by atomic mass is 14.9. The van der Waals surface area contributed by atoms with Gasteiger partial charge in [0.1, 0.15) is 0 Å². The van der Waals surface area contributed by atoms with Gasteiger partial charge in [-0.2, -0.15) is 5.26 Å². The van der Waals surface area contributed by atoms with E-state index in [2.05, 4.69) is 11.4 Å². The smallest absolute Gasteiger partial charge is 0.0628 e. The topological polar surface area (TPSA) is 35.8 Å². The number of hydrogen-bond donors (Lipinski definition) is 1. The van der Waals surface area contributed by atoms with Crippen molar-refractivity contribution in [1.82, 2.24) is 5.32 Å². The Bertz CT molecular complexity index is 244. The van der Waals surface area contributed by atoms with Crippen molar-refractivity contribution in [2.75, 3.05) is 13.1 Å². The maximum atomic E-state index is 8.71. The average Bonchev–Trinajstić information content (AvgIpc) is 2.85. The van der Waals surface area contributed by atoms with Gasteiger partial charge < -0.3 is 5.32 Å². The summed E-state index contributed by atoms with van der Waals surface area (Å²) in [6, 6.07) is 2.32. The van der Waals surface area contributed by atoms with Gasteiger partial charge in [0.25, 0.3) is 0 Å². The second-order valence-electron chi connectivity index (χ2n) is 5.80. The Morgan fingerprint density at radius 2 is 2.00 bits per heavy atom. The molecule has 0 aromatic rings. The molecule has 0 aliphatic heterocycles. The fraction of sp³-hybridized carbons (Fsp3) is 0.929. The summed E-state index contributed by atoms with van der Waals surface area (Å²) in [5.74, 6) is 1.02. The third-order valence-electron chi connectivity index (χ3n) is 4.35. The molecule has 90 valence electrons. The molecule has 16 heavy (non-hydrogen) atoms. The predicted octanol–water partition coefficient (Wildman–Crippen LogP) is 3.24. The van der Waals surface area contributed by atoms with Gasteiger partial charge in [-0.15, -0.1) is 0 Å². The van der Waals surface area contributed by atoms with Crippen LogP contribution in [0, 0.1) is 22.7 Å². The van der Waals surface area contributed by atoms with E-state index in [0.29, 0.717) is 5.41 Å². The van der Waals surface area contributed by atoms with E-state index in [1.807, 2.05) is 0 Å². The van der Waals surface area contributed by atoms with E-state index in [0.717, 1.165) is 25.4 Å². The maximum absolute atomic E-state index is 8.71. The zero-order valence-electron chi connectivity index (χ0n) is 10.3. The summed E-state index contributed by atoms with van der Waals surface area (Å²) in [5, 5.41) is 12.3. The highest BCUT2D eigenvalue weighted by molar-refractivity contribution is 5.00. The van der Waals surface area contributed by atoms with Gasteiger partial charge in [0.15, 0.2) is 0 Å². The van der Waals surface area contributed by atoms with Gasteiger partial charge in [0, 0.05) is 13.0 Å². The molecule has 2 nitrogen and oxygen atoms in total. The van der Waals surface area contributed by atoms with E-state index in [1.165, 1.54) is 51.4 Å². The second kappa shape index (κ2) is 5.68. The summed E-state index contributed by atoms with van der Waals surface area (Å²) < 4.78 is 0. The molecule has 0 unspecified atom stereocenters. The highest BCUT2D eigenvalue weighted by Crippen LogP contribution is 2.47. The molecule has 0 bridgehead atoms. The van der Waals surface area contributed by atoms with Crippen LogP contribution < -0.4 is 5.32 Å². The fourth-order valence-electron chi connectivity index (χ4n) is 2.93. The first-order valence-corrected chi connectivity index (χ1v) is 6.92. The summed E-state index contributed by atoms with van der Waals surface area (Å²) in [6.07, 6.45) is 11.9. The van der Waals surface area contributed by atoms with Crippen molar-refractivity contribution >= 4 is 0 Å². The lowest BCUT2D eigenvalue weighted by molar-refractivity contribution is 0.433. The van der Waals surface area contributed by atoms with Crippen LogP contribution in [0.25, 0.3) is 0 Å². The molecule has 2 fully saturated rings. The first-order chi connectivity index (χ1) is 7.85. The summed E-state index contributed by atoms with van der Waals surface area (Å²) in [5.41, 5.74) is 0.377. The van der Waals surface area contributed by atoms with Crippen LogP contribution in [0.2, 0.25) is 0 Å². The van der Waals surface area contributed by atoms with Crippen molar-refractivity contribution in [3.8, 4) is 6.07 Å². The van der Waals surface area contributed by atoms with Crippen LogP contribution in [0.15, 0.2) is 0 Å². The van der Waals surface area contributed by atoms with Crippen LogP contribution in [-0.4, -0.2) is 13.1 Å². The molecule has 0 aromatic heterocycles. The van der Waals surface area contributed by atoms with E-state index in [4.69, 9.17) is 5.26 Å². The Morgan fingerprint density at radius 3 is 2.62 bits per heavy atom. The Labute approximate surface area is 99.4 Å². The average molecular weight is 220 g/mol. The van der Waals surface area contributed by atoms with Crippen molar-refractivity contribution in [3.05, 3.63) is 0 Å². The van der Waals surface area contributed by atoms with Crippen molar-refractivity contribution < 1.29 is 0 Å². The molecule has 0 aromatic carbocycles. The fourth-order valence-corrected chi connectivity index (χ4v) is 2.93. The van der Waals surface area contributed by atoms with Gasteiger partial charge >= 0.3 is 0 Å². The second-order valence-corrected chi connectivity index (χ2v) is 5.80. The SMILES string of the molecule is N#CCC1(CNCCCC2CCCC2)CC1. The summed E-state index contributed by atoms with van der Waals surface area (Å²) in [4.78, 5) is 0. The molecule has 0 atom stereocenters. The van der Waals surface area contributed by atoms with Gasteiger partial charge in [0.05, 0.1) is 6.07 Å². The summed E-state index contributed by atoms with van der Waals surface area (Å²) in [6.45, 7) is 2.23. The van der Waals surface area contributed by atoms with Gasteiger partial charge in [0.2, 0.25) is 0 Å². The lowest BCUT2D eigenvalue weighted by Crippen LogP contribution is -2.25. The third kappa shape index (κ3) is 3.49. The van der Waals surface area contributed by atoms with Gasteiger partial charge in [-0.25, -0.2) is 0 Å². The lowest BCUT2D eigenvalue weighted by atomic mass is 10.0. The predicted molar refractivity (Wildman–Crippen MR) is 66.0 cm³/mol. The van der Waals surface area contributed by atoms with Crippen molar-refractivity contribution in [2.24, 2.45) is 11.3 Å². The van der Waals surface area contributed by atoms with Crippen molar-refractivity contribution in [3.63, 3.8) is 0 Å². The van der Waals surface area contributed by atoms with Crippen LogP contribution >= 0.6 is 0 Å². The molecule has 2 heteroatoms. The largest absolute Gasteiger partial charge is 0.316 e. The van der Waals surface area contributed by atoms with E-state index < -0.39 is 0 Å². The number of nitrogens with one attached hydrogen (secondary N) is 1. The quantitative estimate of drug-likeness (QED) is 0.669. The highest BCUT2D eigenvalue weighted by Gasteiger charge is 2.41. The molecule has 0 radical (unpaired) electrons. The molecule has 0 spiro atoms. The maximum Gasteiger partial charge on any atom is 0.0628 e. The Morgan fingerprint density at radius 1 is 1.25 bits per heavy atom. The zero-order chi connectivity index (χ0) is 11.3. The third-order valence-corrected chi connectivity index (χ3v) is 4.35. The van der Waals surface area contributed by atoms with E-state index in [1.54, 1.807) is 0 Å². The monoisotopic (exact) mass is 220 g/mol. The molecule has 0 heterocycles.